The van der Waals surface area contributed by atoms with E-state index in [2.05, 4.69) is 11.2 Å². The molecule has 0 fully saturated rings. The van der Waals surface area contributed by atoms with Gasteiger partial charge in [0.2, 0.25) is 0 Å². The number of hydrogen-bond donors (Lipinski definition) is 1. The maximum Gasteiger partial charge on any atom is 0.284 e. The van der Waals surface area contributed by atoms with E-state index in [0.717, 1.165) is 6.42 Å². The van der Waals surface area contributed by atoms with Crippen LogP contribution in [0.5, 0.6) is 0 Å². The number of nitrogens with one attached hydrogen (secondary N) is 1. The molecule has 0 aliphatic heterocycles. The molecule has 1 unspecified atom stereocenters. The van der Waals surface area contributed by atoms with Crippen molar-refractivity contribution >= 4 is 11.8 Å². The van der Waals surface area contributed by atoms with E-state index in [1.807, 2.05) is 6.92 Å². The molecule has 1 rings (SSSR count). The number of alkyl halides is 2. The van der Waals surface area contributed by atoms with E-state index in [4.69, 9.17) is 10.8 Å². The minimum Gasteiger partial charge on any atom is -0.464 e. The monoisotopic (exact) mass is 259 g/mol. The van der Waals surface area contributed by atoms with Crippen LogP contribution in [0.4, 0.5) is 8.78 Å². The van der Waals surface area contributed by atoms with E-state index in [1.54, 1.807) is 12.1 Å². The third kappa shape index (κ3) is 5.24. The molecule has 0 radical (unpaired) electrons. The summed E-state index contributed by atoms with van der Waals surface area (Å²) < 4.78 is 29.3. The Bertz CT molecular complexity index is 373. The molecular weight excluding hydrogens is 244 g/mol. The number of terminal acetylenes is 1. The van der Waals surface area contributed by atoms with Crippen molar-refractivity contribution < 1.29 is 13.2 Å². The molecule has 0 aliphatic rings. The highest BCUT2D eigenvalue weighted by Gasteiger charge is 2.08. The largest absolute Gasteiger partial charge is 0.464 e. The summed E-state index contributed by atoms with van der Waals surface area (Å²) in [4.78, 5) is 0. The molecule has 0 saturated carbocycles. The Morgan fingerprint density at radius 1 is 1.47 bits per heavy atom. The molecule has 0 saturated heterocycles. The molecule has 0 aliphatic carbocycles. The maximum atomic E-state index is 12.0. The molecule has 1 heterocycles. The van der Waals surface area contributed by atoms with Gasteiger partial charge >= 0.3 is 0 Å². The van der Waals surface area contributed by atoms with Gasteiger partial charge in [-0.1, -0.05) is 24.6 Å². The first-order valence-corrected chi connectivity index (χ1v) is 6.37. The topological polar surface area (TPSA) is 25.2 Å². The molecule has 2 nitrogen and oxygen atoms in total. The Hall–Kier alpha value is -0.990. The van der Waals surface area contributed by atoms with Gasteiger partial charge in [-0.05, 0) is 18.6 Å². The van der Waals surface area contributed by atoms with Crippen LogP contribution in [0.25, 0.3) is 0 Å². The number of rotatable bonds is 7. The first kappa shape index (κ1) is 14.1. The lowest BCUT2D eigenvalue weighted by atomic mass is 10.2. The predicted molar refractivity (Wildman–Crippen MR) is 65.8 cm³/mol. The Balaban J connectivity index is 2.38. The number of hydrogen-bond acceptors (Lipinski definition) is 3. The summed E-state index contributed by atoms with van der Waals surface area (Å²) >= 11 is 0.551. The van der Waals surface area contributed by atoms with E-state index in [-0.39, 0.29) is 11.8 Å². The fraction of sp³-hybridized carbons (Fsp3) is 0.500. The molecule has 1 atom stereocenters. The highest BCUT2D eigenvalue weighted by Crippen LogP contribution is 2.21. The lowest BCUT2D eigenvalue weighted by molar-refractivity contribution is 0.251. The first-order valence-electron chi connectivity index (χ1n) is 5.32. The lowest BCUT2D eigenvalue weighted by Crippen LogP contribution is -2.25. The van der Waals surface area contributed by atoms with E-state index < -0.39 is 5.76 Å². The van der Waals surface area contributed by atoms with Crippen molar-refractivity contribution in [2.75, 3.05) is 0 Å². The average Bonchev–Trinajstić information content (AvgIpc) is 2.76. The van der Waals surface area contributed by atoms with Crippen molar-refractivity contribution in [3.05, 3.63) is 23.7 Å². The van der Waals surface area contributed by atoms with Crippen molar-refractivity contribution in [2.24, 2.45) is 0 Å². The molecule has 0 aromatic carbocycles. The molecular formula is C12H15F2NOS. The number of thioether (sulfide) groups is 1. The van der Waals surface area contributed by atoms with Crippen molar-refractivity contribution in [1.29, 1.82) is 0 Å². The Morgan fingerprint density at radius 2 is 2.18 bits per heavy atom. The van der Waals surface area contributed by atoms with Gasteiger partial charge in [0.1, 0.15) is 11.5 Å². The van der Waals surface area contributed by atoms with Crippen LogP contribution in [0.1, 0.15) is 24.9 Å². The fourth-order valence-electron chi connectivity index (χ4n) is 1.28. The fourth-order valence-corrected chi connectivity index (χ4v) is 1.73. The molecule has 17 heavy (non-hydrogen) atoms. The van der Waals surface area contributed by atoms with Gasteiger partial charge in [0.15, 0.2) is 0 Å². The Morgan fingerprint density at radius 3 is 2.76 bits per heavy atom. The Labute approximate surface area is 104 Å². The van der Waals surface area contributed by atoms with Crippen LogP contribution in [0.2, 0.25) is 0 Å². The minimum absolute atomic E-state index is 0.0130. The molecule has 94 valence electrons. The summed E-state index contributed by atoms with van der Waals surface area (Å²) in [5, 5.41) is 3.13. The maximum absolute atomic E-state index is 12.0. The van der Waals surface area contributed by atoms with Crippen molar-refractivity contribution in [1.82, 2.24) is 5.32 Å². The SMILES string of the molecule is C#CC(CC)NCc1ccc(CSC(F)F)o1. The Kier molecular flexibility index (Phi) is 6.09. The van der Waals surface area contributed by atoms with Crippen molar-refractivity contribution in [3.8, 4) is 12.3 Å². The second kappa shape index (κ2) is 7.36. The standard InChI is InChI=1S/C12H15F2NOS/c1-3-9(4-2)15-7-10-5-6-11(16-10)8-17-12(13)14/h1,5-6,9,12,15H,4,7-8H2,2H3. The summed E-state index contributed by atoms with van der Waals surface area (Å²) in [6.07, 6.45) is 6.14. The third-order valence-corrected chi connectivity index (χ3v) is 2.90. The van der Waals surface area contributed by atoms with E-state index in [0.29, 0.717) is 29.8 Å². The van der Waals surface area contributed by atoms with Crippen LogP contribution in [0, 0.1) is 12.3 Å². The van der Waals surface area contributed by atoms with Gasteiger partial charge < -0.3 is 4.42 Å². The van der Waals surface area contributed by atoms with Gasteiger partial charge in [-0.25, -0.2) is 0 Å². The summed E-state index contributed by atoms with van der Waals surface area (Å²) in [5.41, 5.74) is 0. The lowest BCUT2D eigenvalue weighted by Gasteiger charge is -2.08. The van der Waals surface area contributed by atoms with Crippen LogP contribution in [-0.4, -0.2) is 11.8 Å². The predicted octanol–water partition coefficient (Wildman–Crippen LogP) is 3.24. The van der Waals surface area contributed by atoms with Gasteiger partial charge in [-0.3, -0.25) is 5.32 Å². The van der Waals surface area contributed by atoms with E-state index >= 15 is 0 Å². The third-order valence-electron chi connectivity index (χ3n) is 2.20. The highest BCUT2D eigenvalue weighted by molar-refractivity contribution is 7.98. The van der Waals surface area contributed by atoms with Crippen molar-refractivity contribution in [2.45, 2.75) is 37.4 Å². The minimum atomic E-state index is -2.37. The molecule has 0 bridgehead atoms. The summed E-state index contributed by atoms with van der Waals surface area (Å²) in [6, 6.07) is 3.50. The van der Waals surface area contributed by atoms with Crippen LogP contribution in [-0.2, 0) is 12.3 Å². The van der Waals surface area contributed by atoms with Gasteiger partial charge in [-0.2, -0.15) is 8.78 Å². The zero-order valence-electron chi connectivity index (χ0n) is 9.58. The smallest absolute Gasteiger partial charge is 0.284 e. The summed E-state index contributed by atoms with van der Waals surface area (Å²) in [5.74, 6) is 1.70. The van der Waals surface area contributed by atoms with Gasteiger partial charge in [-0.15, -0.1) is 6.42 Å². The molecule has 1 N–H and O–H groups in total. The van der Waals surface area contributed by atoms with E-state index in [9.17, 15) is 8.78 Å². The summed E-state index contributed by atoms with van der Waals surface area (Å²) in [7, 11) is 0. The highest BCUT2D eigenvalue weighted by atomic mass is 32.2. The zero-order chi connectivity index (χ0) is 12.7. The normalized spacial score (nSPS) is 12.6. The first-order chi connectivity index (χ1) is 8.15. The van der Waals surface area contributed by atoms with Crippen LogP contribution in [0.15, 0.2) is 16.5 Å². The van der Waals surface area contributed by atoms with Crippen LogP contribution < -0.4 is 5.32 Å². The quantitative estimate of drug-likeness (QED) is 0.761. The van der Waals surface area contributed by atoms with Crippen LogP contribution in [0.3, 0.4) is 0 Å². The van der Waals surface area contributed by atoms with Gasteiger partial charge in [0, 0.05) is 0 Å². The molecule has 1 aromatic heterocycles. The van der Waals surface area contributed by atoms with E-state index in [1.165, 1.54) is 0 Å². The second-order valence-corrected chi connectivity index (χ2v) is 4.43. The number of furan rings is 1. The van der Waals surface area contributed by atoms with Crippen molar-refractivity contribution in [3.63, 3.8) is 0 Å². The summed E-state index contributed by atoms with van der Waals surface area (Å²) in [6.45, 7) is 2.51. The second-order valence-electron chi connectivity index (χ2n) is 3.45. The van der Waals surface area contributed by atoms with Gasteiger partial charge in [0.05, 0.1) is 18.3 Å². The van der Waals surface area contributed by atoms with Crippen LogP contribution >= 0.6 is 11.8 Å². The number of halogens is 2. The molecule has 1 aromatic rings. The zero-order valence-corrected chi connectivity index (χ0v) is 10.4. The molecule has 0 spiro atoms. The molecule has 0 amide bonds. The van der Waals surface area contributed by atoms with Gasteiger partial charge in [0.25, 0.3) is 5.76 Å². The average molecular weight is 259 g/mol. The molecule has 5 heteroatoms.